The van der Waals surface area contributed by atoms with Crippen LogP contribution in [0.4, 0.5) is 10.6 Å². The third-order valence-corrected chi connectivity index (χ3v) is 1.34. The molecule has 1 heterocycles. The SMILES string of the molecule is CCN(C(N)=O)c1c[nH]cn1. The minimum atomic E-state index is -0.486. The van der Waals surface area contributed by atoms with E-state index in [-0.39, 0.29) is 0 Å². The van der Waals surface area contributed by atoms with Crippen LogP contribution in [0.3, 0.4) is 0 Å². The molecule has 0 aromatic carbocycles. The molecule has 0 unspecified atom stereocenters. The van der Waals surface area contributed by atoms with Crippen LogP contribution in [0.2, 0.25) is 0 Å². The van der Waals surface area contributed by atoms with Crippen LogP contribution in [0.25, 0.3) is 0 Å². The first kappa shape index (κ1) is 7.59. The number of aromatic amines is 1. The topological polar surface area (TPSA) is 75.0 Å². The van der Waals surface area contributed by atoms with E-state index >= 15 is 0 Å². The van der Waals surface area contributed by atoms with Gasteiger partial charge in [-0.05, 0) is 6.92 Å². The number of amides is 2. The minimum Gasteiger partial charge on any atom is -0.351 e. The lowest BCUT2D eigenvalue weighted by molar-refractivity contribution is 0.254. The summed E-state index contributed by atoms with van der Waals surface area (Å²) in [5.74, 6) is 0.556. The van der Waals surface area contributed by atoms with Gasteiger partial charge in [-0.25, -0.2) is 9.78 Å². The molecule has 0 aliphatic carbocycles. The largest absolute Gasteiger partial charge is 0.351 e. The number of hydrogen-bond donors (Lipinski definition) is 2. The van der Waals surface area contributed by atoms with Gasteiger partial charge in [0.2, 0.25) is 0 Å². The summed E-state index contributed by atoms with van der Waals surface area (Å²) in [4.78, 5) is 18.7. The number of carbonyl (C=O) groups is 1. The fourth-order valence-electron chi connectivity index (χ4n) is 0.831. The van der Waals surface area contributed by atoms with Crippen LogP contribution in [0.1, 0.15) is 6.92 Å². The number of nitrogens with zero attached hydrogens (tertiary/aromatic N) is 2. The van der Waals surface area contributed by atoms with Crippen LogP contribution in [0.15, 0.2) is 12.5 Å². The molecule has 1 rings (SSSR count). The van der Waals surface area contributed by atoms with Crippen molar-refractivity contribution in [1.82, 2.24) is 9.97 Å². The Hall–Kier alpha value is -1.52. The van der Waals surface area contributed by atoms with Crippen LogP contribution >= 0.6 is 0 Å². The molecule has 0 saturated heterocycles. The van der Waals surface area contributed by atoms with Crippen LogP contribution < -0.4 is 10.6 Å². The van der Waals surface area contributed by atoms with Gasteiger partial charge in [0.1, 0.15) is 0 Å². The predicted molar refractivity (Wildman–Crippen MR) is 41.2 cm³/mol. The van der Waals surface area contributed by atoms with E-state index in [2.05, 4.69) is 9.97 Å². The number of hydrogen-bond acceptors (Lipinski definition) is 2. The molecule has 60 valence electrons. The Morgan fingerprint density at radius 3 is 3.00 bits per heavy atom. The van der Waals surface area contributed by atoms with Gasteiger partial charge in [-0.3, -0.25) is 4.90 Å². The summed E-state index contributed by atoms with van der Waals surface area (Å²) < 4.78 is 0. The highest BCUT2D eigenvalue weighted by molar-refractivity contribution is 5.89. The van der Waals surface area contributed by atoms with E-state index in [1.165, 1.54) is 11.2 Å². The number of rotatable bonds is 2. The normalized spacial score (nSPS) is 9.55. The fourth-order valence-corrected chi connectivity index (χ4v) is 0.831. The molecular formula is C6H10N4O. The van der Waals surface area contributed by atoms with Gasteiger partial charge in [0.05, 0.1) is 6.33 Å². The van der Waals surface area contributed by atoms with E-state index in [1.807, 2.05) is 6.92 Å². The maximum atomic E-state index is 10.7. The lowest BCUT2D eigenvalue weighted by Crippen LogP contribution is -2.35. The average Bonchev–Trinajstić information content (AvgIpc) is 2.40. The first-order valence-corrected chi connectivity index (χ1v) is 3.31. The summed E-state index contributed by atoms with van der Waals surface area (Å²) in [5, 5.41) is 0. The van der Waals surface area contributed by atoms with E-state index in [0.717, 1.165) is 0 Å². The molecule has 0 spiro atoms. The monoisotopic (exact) mass is 154 g/mol. The third-order valence-electron chi connectivity index (χ3n) is 1.34. The molecule has 11 heavy (non-hydrogen) atoms. The van der Waals surface area contributed by atoms with E-state index < -0.39 is 6.03 Å². The molecule has 0 fully saturated rings. The molecule has 0 saturated carbocycles. The predicted octanol–water partition coefficient (Wildman–Crippen LogP) is 0.315. The lowest BCUT2D eigenvalue weighted by atomic mass is 10.5. The molecule has 0 aliphatic heterocycles. The summed E-state index contributed by atoms with van der Waals surface area (Å²) in [6.07, 6.45) is 3.12. The Morgan fingerprint density at radius 2 is 2.64 bits per heavy atom. The van der Waals surface area contributed by atoms with Crippen LogP contribution in [0, 0.1) is 0 Å². The van der Waals surface area contributed by atoms with Crippen molar-refractivity contribution in [2.45, 2.75) is 6.92 Å². The van der Waals surface area contributed by atoms with Gasteiger partial charge in [-0.15, -0.1) is 0 Å². The molecule has 5 heteroatoms. The van der Waals surface area contributed by atoms with Crippen molar-refractivity contribution in [3.05, 3.63) is 12.5 Å². The minimum absolute atomic E-state index is 0.486. The maximum absolute atomic E-state index is 10.7. The second-order valence-corrected chi connectivity index (χ2v) is 2.01. The number of nitrogens with two attached hydrogens (primary N) is 1. The third kappa shape index (κ3) is 1.49. The molecule has 5 nitrogen and oxygen atoms in total. The van der Waals surface area contributed by atoms with Crippen molar-refractivity contribution >= 4 is 11.8 Å². The number of primary amides is 1. The van der Waals surface area contributed by atoms with E-state index in [4.69, 9.17) is 5.73 Å². The van der Waals surface area contributed by atoms with E-state index in [1.54, 1.807) is 6.20 Å². The number of aromatic nitrogens is 2. The molecule has 0 atom stereocenters. The van der Waals surface area contributed by atoms with Gasteiger partial charge in [0.15, 0.2) is 5.82 Å². The fraction of sp³-hybridized carbons (Fsp3) is 0.333. The summed E-state index contributed by atoms with van der Waals surface area (Å²) in [7, 11) is 0. The molecule has 2 amide bonds. The zero-order chi connectivity index (χ0) is 8.27. The van der Waals surface area contributed by atoms with Gasteiger partial charge < -0.3 is 10.7 Å². The number of nitrogens with one attached hydrogen (secondary N) is 1. The Bertz CT molecular complexity index is 231. The van der Waals surface area contributed by atoms with Crippen molar-refractivity contribution in [3.63, 3.8) is 0 Å². The van der Waals surface area contributed by atoms with Crippen molar-refractivity contribution in [2.24, 2.45) is 5.73 Å². The smallest absolute Gasteiger partial charge is 0.320 e. The molecule has 1 aromatic rings. The Kier molecular flexibility index (Phi) is 2.10. The zero-order valence-corrected chi connectivity index (χ0v) is 6.24. The molecule has 0 aliphatic rings. The Balaban J connectivity index is 2.79. The van der Waals surface area contributed by atoms with Crippen molar-refractivity contribution in [1.29, 1.82) is 0 Å². The average molecular weight is 154 g/mol. The van der Waals surface area contributed by atoms with Crippen molar-refractivity contribution in [2.75, 3.05) is 11.4 Å². The summed E-state index contributed by atoms with van der Waals surface area (Å²) in [6.45, 7) is 2.36. The van der Waals surface area contributed by atoms with Gasteiger partial charge in [-0.1, -0.05) is 0 Å². The summed E-state index contributed by atoms with van der Waals surface area (Å²) >= 11 is 0. The molecular weight excluding hydrogens is 144 g/mol. The molecule has 0 radical (unpaired) electrons. The Labute approximate surface area is 64.2 Å². The number of urea groups is 1. The first-order chi connectivity index (χ1) is 5.25. The van der Waals surface area contributed by atoms with E-state index in [0.29, 0.717) is 12.4 Å². The van der Waals surface area contributed by atoms with Crippen molar-refractivity contribution < 1.29 is 4.79 Å². The summed E-state index contributed by atoms with van der Waals surface area (Å²) in [5.41, 5.74) is 5.07. The zero-order valence-electron chi connectivity index (χ0n) is 6.24. The molecule has 0 bridgehead atoms. The van der Waals surface area contributed by atoms with Gasteiger partial charge in [0.25, 0.3) is 0 Å². The van der Waals surface area contributed by atoms with Gasteiger partial charge in [0, 0.05) is 12.7 Å². The molecule has 1 aromatic heterocycles. The highest BCUT2D eigenvalue weighted by Gasteiger charge is 2.10. The highest BCUT2D eigenvalue weighted by Crippen LogP contribution is 2.06. The van der Waals surface area contributed by atoms with Gasteiger partial charge >= 0.3 is 6.03 Å². The summed E-state index contributed by atoms with van der Waals surface area (Å²) in [6, 6.07) is -0.486. The highest BCUT2D eigenvalue weighted by atomic mass is 16.2. The standard InChI is InChI=1S/C6H10N4O/c1-2-10(6(7)11)5-3-8-4-9-5/h3-4H,2H2,1H3,(H2,7,11)(H,8,9). The maximum Gasteiger partial charge on any atom is 0.320 e. The number of H-pyrrole nitrogens is 1. The number of imidazole rings is 1. The van der Waals surface area contributed by atoms with E-state index in [9.17, 15) is 4.79 Å². The quantitative estimate of drug-likeness (QED) is 0.643. The first-order valence-electron chi connectivity index (χ1n) is 3.31. The van der Waals surface area contributed by atoms with Crippen LogP contribution in [-0.4, -0.2) is 22.5 Å². The van der Waals surface area contributed by atoms with Gasteiger partial charge in [-0.2, -0.15) is 0 Å². The van der Waals surface area contributed by atoms with Crippen molar-refractivity contribution in [3.8, 4) is 0 Å². The van der Waals surface area contributed by atoms with Crippen LogP contribution in [-0.2, 0) is 0 Å². The lowest BCUT2D eigenvalue weighted by Gasteiger charge is -2.13. The number of carbonyl (C=O) groups excluding carboxylic acids is 1. The number of anilines is 1. The molecule has 3 N–H and O–H groups in total. The second-order valence-electron chi connectivity index (χ2n) is 2.01. The second kappa shape index (κ2) is 3.05. The Morgan fingerprint density at radius 1 is 1.91 bits per heavy atom. The van der Waals surface area contributed by atoms with Crippen LogP contribution in [0.5, 0.6) is 0 Å².